The van der Waals surface area contributed by atoms with E-state index in [0.717, 1.165) is 0 Å². The van der Waals surface area contributed by atoms with Crippen molar-refractivity contribution in [2.75, 3.05) is 7.11 Å². The number of carboxylic acids is 1. The number of hydrogen-bond acceptors (Lipinski definition) is 4. The zero-order valence-electron chi connectivity index (χ0n) is 9.68. The van der Waals surface area contributed by atoms with Crippen LogP contribution in [0.1, 0.15) is 6.92 Å². The molecule has 1 unspecified atom stereocenters. The van der Waals surface area contributed by atoms with Crippen molar-refractivity contribution in [3.05, 3.63) is 23.2 Å². The fourth-order valence-electron chi connectivity index (χ4n) is 1.16. The van der Waals surface area contributed by atoms with Gasteiger partial charge in [0.1, 0.15) is 11.8 Å². The molecule has 8 heteroatoms. The summed E-state index contributed by atoms with van der Waals surface area (Å²) in [6, 6.07) is 2.62. The van der Waals surface area contributed by atoms with Gasteiger partial charge in [0.05, 0.1) is 17.0 Å². The van der Waals surface area contributed by atoms with E-state index in [0.29, 0.717) is 0 Å². The summed E-state index contributed by atoms with van der Waals surface area (Å²) in [4.78, 5) is 10.5. The molecular weight excluding hydrogens is 282 g/mol. The summed E-state index contributed by atoms with van der Waals surface area (Å²) < 4.78 is 30.6. The zero-order valence-corrected chi connectivity index (χ0v) is 11.2. The highest BCUT2D eigenvalue weighted by atomic mass is 35.5. The van der Waals surface area contributed by atoms with E-state index in [4.69, 9.17) is 21.4 Å². The van der Waals surface area contributed by atoms with E-state index in [1.807, 2.05) is 4.72 Å². The number of sulfonamides is 1. The van der Waals surface area contributed by atoms with Gasteiger partial charge in [-0.2, -0.15) is 4.72 Å². The first-order chi connectivity index (χ1) is 8.27. The molecule has 0 aromatic heterocycles. The van der Waals surface area contributed by atoms with E-state index in [-0.39, 0.29) is 15.7 Å². The highest BCUT2D eigenvalue weighted by molar-refractivity contribution is 7.89. The van der Waals surface area contributed by atoms with Crippen molar-refractivity contribution in [1.82, 2.24) is 4.72 Å². The van der Waals surface area contributed by atoms with Crippen molar-refractivity contribution < 1.29 is 23.1 Å². The van der Waals surface area contributed by atoms with Gasteiger partial charge in [0, 0.05) is 6.07 Å². The van der Waals surface area contributed by atoms with E-state index in [9.17, 15) is 13.2 Å². The van der Waals surface area contributed by atoms with Crippen molar-refractivity contribution in [3.8, 4) is 5.75 Å². The molecule has 0 heterocycles. The first kappa shape index (κ1) is 14.7. The third-order valence-corrected chi connectivity index (χ3v) is 3.99. The lowest BCUT2D eigenvalue weighted by Gasteiger charge is -2.11. The number of rotatable bonds is 5. The molecule has 0 bridgehead atoms. The van der Waals surface area contributed by atoms with Gasteiger partial charge in [0.25, 0.3) is 0 Å². The first-order valence-electron chi connectivity index (χ1n) is 4.86. The van der Waals surface area contributed by atoms with Crippen LogP contribution >= 0.6 is 11.6 Å². The molecule has 100 valence electrons. The van der Waals surface area contributed by atoms with Gasteiger partial charge >= 0.3 is 5.97 Å². The molecule has 0 saturated heterocycles. The van der Waals surface area contributed by atoms with Crippen molar-refractivity contribution in [3.63, 3.8) is 0 Å². The average molecular weight is 294 g/mol. The SMILES string of the molecule is COc1cc(S(=O)(=O)NC(C)C(=O)O)ccc1Cl. The highest BCUT2D eigenvalue weighted by Crippen LogP contribution is 2.26. The largest absolute Gasteiger partial charge is 0.495 e. The lowest BCUT2D eigenvalue weighted by molar-refractivity contribution is -0.138. The lowest BCUT2D eigenvalue weighted by Crippen LogP contribution is -2.38. The van der Waals surface area contributed by atoms with Crippen LogP contribution in [0, 0.1) is 0 Å². The maximum atomic E-state index is 11.9. The Morgan fingerprint density at radius 3 is 2.61 bits per heavy atom. The van der Waals surface area contributed by atoms with E-state index >= 15 is 0 Å². The van der Waals surface area contributed by atoms with Gasteiger partial charge < -0.3 is 9.84 Å². The first-order valence-corrected chi connectivity index (χ1v) is 6.72. The summed E-state index contributed by atoms with van der Waals surface area (Å²) in [6.07, 6.45) is 0. The van der Waals surface area contributed by atoms with Crippen LogP contribution in [0.15, 0.2) is 23.1 Å². The molecule has 6 nitrogen and oxygen atoms in total. The van der Waals surface area contributed by atoms with Crippen LogP contribution in [0.5, 0.6) is 5.75 Å². The number of hydrogen-bond donors (Lipinski definition) is 2. The van der Waals surface area contributed by atoms with Gasteiger partial charge in [-0.15, -0.1) is 0 Å². The van der Waals surface area contributed by atoms with Crippen molar-refractivity contribution >= 4 is 27.6 Å². The van der Waals surface area contributed by atoms with Gasteiger partial charge in [-0.05, 0) is 19.1 Å². The molecular formula is C10H12ClNO5S. The molecule has 2 N–H and O–H groups in total. The number of methoxy groups -OCH3 is 1. The Hall–Kier alpha value is -1.31. The number of aliphatic carboxylic acids is 1. The lowest BCUT2D eigenvalue weighted by atomic mass is 10.3. The number of benzene rings is 1. The minimum absolute atomic E-state index is 0.114. The standard InChI is InChI=1S/C10H12ClNO5S/c1-6(10(13)14)12-18(15,16)7-3-4-8(11)9(5-7)17-2/h3-6,12H,1-2H3,(H,13,14). The Morgan fingerprint density at radius 1 is 1.50 bits per heavy atom. The van der Waals surface area contributed by atoms with Gasteiger partial charge in [0.2, 0.25) is 10.0 Å². The number of carboxylic acid groups (broad SMARTS) is 1. The maximum Gasteiger partial charge on any atom is 0.321 e. The highest BCUT2D eigenvalue weighted by Gasteiger charge is 2.22. The summed E-state index contributed by atoms with van der Waals surface area (Å²) in [6.45, 7) is 1.23. The zero-order chi connectivity index (χ0) is 13.9. The number of carbonyl (C=O) groups is 1. The second kappa shape index (κ2) is 5.55. The van der Waals surface area contributed by atoms with Crippen LogP contribution in [-0.4, -0.2) is 32.6 Å². The molecule has 0 radical (unpaired) electrons. The fourth-order valence-corrected chi connectivity index (χ4v) is 2.56. The van der Waals surface area contributed by atoms with Gasteiger partial charge in [0.15, 0.2) is 0 Å². The smallest absolute Gasteiger partial charge is 0.321 e. The Morgan fingerprint density at radius 2 is 2.11 bits per heavy atom. The maximum absolute atomic E-state index is 11.9. The molecule has 1 aromatic rings. The Kier molecular flexibility index (Phi) is 4.55. The number of nitrogens with one attached hydrogen (secondary N) is 1. The minimum Gasteiger partial charge on any atom is -0.495 e. The van der Waals surface area contributed by atoms with Crippen LogP contribution in [0.25, 0.3) is 0 Å². The van der Waals surface area contributed by atoms with Gasteiger partial charge in [-0.25, -0.2) is 8.42 Å². The molecule has 0 spiro atoms. The normalized spacial score (nSPS) is 13.1. The molecule has 1 aromatic carbocycles. The summed E-state index contributed by atoms with van der Waals surface area (Å²) in [7, 11) is -2.57. The molecule has 0 aliphatic rings. The predicted octanol–water partition coefficient (Wildman–Crippen LogP) is 1.10. The molecule has 0 aliphatic carbocycles. The van der Waals surface area contributed by atoms with E-state index in [1.165, 1.54) is 32.2 Å². The predicted molar refractivity (Wildman–Crippen MR) is 65.4 cm³/mol. The molecule has 1 rings (SSSR count). The van der Waals surface area contributed by atoms with Crippen molar-refractivity contribution in [2.24, 2.45) is 0 Å². The molecule has 1 atom stereocenters. The third kappa shape index (κ3) is 3.34. The van der Waals surface area contributed by atoms with Crippen LogP contribution < -0.4 is 9.46 Å². The van der Waals surface area contributed by atoms with Gasteiger partial charge in [-0.1, -0.05) is 11.6 Å². The van der Waals surface area contributed by atoms with Gasteiger partial charge in [-0.3, -0.25) is 4.79 Å². The van der Waals surface area contributed by atoms with Crippen LogP contribution in [0.2, 0.25) is 5.02 Å². The van der Waals surface area contributed by atoms with E-state index in [1.54, 1.807) is 0 Å². The Labute approximate surface area is 110 Å². The van der Waals surface area contributed by atoms with Crippen LogP contribution in [-0.2, 0) is 14.8 Å². The molecule has 18 heavy (non-hydrogen) atoms. The molecule has 0 aliphatic heterocycles. The summed E-state index contributed by atoms with van der Waals surface area (Å²) >= 11 is 5.77. The van der Waals surface area contributed by atoms with Crippen molar-refractivity contribution in [1.29, 1.82) is 0 Å². The van der Waals surface area contributed by atoms with Crippen LogP contribution in [0.3, 0.4) is 0 Å². The topological polar surface area (TPSA) is 92.7 Å². The average Bonchev–Trinajstić information content (AvgIpc) is 2.28. The summed E-state index contributed by atoms with van der Waals surface area (Å²) in [5.41, 5.74) is 0. The second-order valence-electron chi connectivity index (χ2n) is 3.48. The Bertz CT molecular complexity index is 557. The minimum atomic E-state index is -3.92. The summed E-state index contributed by atoms with van der Waals surface area (Å²) in [5.74, 6) is -1.07. The Balaban J connectivity index is 3.09. The summed E-state index contributed by atoms with van der Waals surface area (Å²) in [5, 5.41) is 8.93. The molecule has 0 fully saturated rings. The number of halogens is 1. The van der Waals surface area contributed by atoms with E-state index < -0.39 is 22.0 Å². The van der Waals surface area contributed by atoms with E-state index in [2.05, 4.69) is 0 Å². The fraction of sp³-hybridized carbons (Fsp3) is 0.300. The number of ether oxygens (including phenoxy) is 1. The quantitative estimate of drug-likeness (QED) is 0.848. The van der Waals surface area contributed by atoms with Crippen LogP contribution in [0.4, 0.5) is 0 Å². The second-order valence-corrected chi connectivity index (χ2v) is 5.60. The third-order valence-electron chi connectivity index (χ3n) is 2.14. The van der Waals surface area contributed by atoms with Crippen molar-refractivity contribution in [2.45, 2.75) is 17.9 Å². The molecule has 0 saturated carbocycles. The monoisotopic (exact) mass is 293 g/mol. The molecule has 0 amide bonds.